The highest BCUT2D eigenvalue weighted by Crippen LogP contribution is 2.24. The molecule has 0 aromatic heterocycles. The predicted octanol–water partition coefficient (Wildman–Crippen LogP) is 2.10. The van der Waals surface area contributed by atoms with Gasteiger partial charge in [0.05, 0.1) is 12.6 Å². The molecule has 8 heteroatoms. The number of hydrogen-bond donors (Lipinski definition) is 1. The van der Waals surface area contributed by atoms with E-state index in [1.54, 1.807) is 6.92 Å². The minimum atomic E-state index is -1.12. The summed E-state index contributed by atoms with van der Waals surface area (Å²) in [6.07, 6.45) is 2.03. The largest absolute Gasteiger partial charge is 0.480 e. The van der Waals surface area contributed by atoms with Crippen molar-refractivity contribution < 1.29 is 29.0 Å². The van der Waals surface area contributed by atoms with Crippen LogP contribution in [0.25, 0.3) is 0 Å². The number of likely N-dealkylation sites (tertiary alicyclic amines) is 1. The summed E-state index contributed by atoms with van der Waals surface area (Å²) >= 11 is 0. The van der Waals surface area contributed by atoms with Crippen molar-refractivity contribution in [2.75, 3.05) is 26.3 Å². The fraction of sp³-hybridized carbons (Fsp3) is 0.688. The fourth-order valence-corrected chi connectivity index (χ4v) is 2.61. The Morgan fingerprint density at radius 1 is 1.33 bits per heavy atom. The van der Waals surface area contributed by atoms with Crippen LogP contribution in [-0.4, -0.2) is 71.4 Å². The van der Waals surface area contributed by atoms with E-state index in [4.69, 9.17) is 9.47 Å². The third-order valence-electron chi connectivity index (χ3n) is 3.86. The number of carbonyl (C=O) groups excluding carboxylic acids is 2. The molecule has 0 aliphatic carbocycles. The Morgan fingerprint density at radius 2 is 2.04 bits per heavy atom. The van der Waals surface area contributed by atoms with Crippen molar-refractivity contribution in [2.45, 2.75) is 45.2 Å². The molecule has 1 rings (SSSR count). The second-order valence-electron chi connectivity index (χ2n) is 5.52. The Morgan fingerprint density at radius 3 is 2.58 bits per heavy atom. The van der Waals surface area contributed by atoms with E-state index in [9.17, 15) is 19.5 Å². The number of likely N-dealkylation sites (N-methyl/N-ethyl adjacent to an activating group) is 1. The van der Waals surface area contributed by atoms with Crippen LogP contribution in [0, 0.1) is 0 Å². The maximum absolute atomic E-state index is 12.2. The van der Waals surface area contributed by atoms with E-state index in [1.807, 2.05) is 6.92 Å². The maximum atomic E-state index is 12.2. The van der Waals surface area contributed by atoms with Crippen LogP contribution in [0.1, 0.15) is 33.1 Å². The molecule has 1 aliphatic heterocycles. The number of carboxylic acids is 1. The molecule has 2 unspecified atom stereocenters. The SMILES string of the molecule is C=CCOC(=O)N1CC(N(CC)C(=O)OCCCC)CC1C(=O)O. The van der Waals surface area contributed by atoms with Gasteiger partial charge in [-0.1, -0.05) is 26.0 Å². The molecule has 1 N–H and O–H groups in total. The number of carboxylic acid groups (broad SMARTS) is 1. The maximum Gasteiger partial charge on any atom is 0.410 e. The summed E-state index contributed by atoms with van der Waals surface area (Å²) in [6, 6.07) is -1.44. The van der Waals surface area contributed by atoms with E-state index < -0.39 is 30.2 Å². The lowest BCUT2D eigenvalue weighted by molar-refractivity contribution is -0.141. The fourth-order valence-electron chi connectivity index (χ4n) is 2.61. The lowest BCUT2D eigenvalue weighted by Gasteiger charge is -2.26. The first-order chi connectivity index (χ1) is 11.5. The monoisotopic (exact) mass is 342 g/mol. The van der Waals surface area contributed by atoms with Crippen LogP contribution in [0.3, 0.4) is 0 Å². The number of amides is 2. The van der Waals surface area contributed by atoms with Crippen molar-refractivity contribution in [3.8, 4) is 0 Å². The van der Waals surface area contributed by atoms with Crippen LogP contribution in [0.4, 0.5) is 9.59 Å². The number of rotatable bonds is 8. The second-order valence-corrected chi connectivity index (χ2v) is 5.52. The lowest BCUT2D eigenvalue weighted by atomic mass is 10.1. The van der Waals surface area contributed by atoms with Crippen molar-refractivity contribution in [1.82, 2.24) is 9.80 Å². The van der Waals surface area contributed by atoms with Crippen molar-refractivity contribution in [1.29, 1.82) is 0 Å². The molecule has 8 nitrogen and oxygen atoms in total. The van der Waals surface area contributed by atoms with Gasteiger partial charge in [-0.05, 0) is 13.3 Å². The van der Waals surface area contributed by atoms with Crippen molar-refractivity contribution in [3.05, 3.63) is 12.7 Å². The normalized spacial score (nSPS) is 19.7. The van der Waals surface area contributed by atoms with Gasteiger partial charge in [0, 0.05) is 19.5 Å². The molecule has 1 fully saturated rings. The zero-order valence-corrected chi connectivity index (χ0v) is 14.3. The molecule has 0 radical (unpaired) electrons. The number of carbonyl (C=O) groups is 3. The van der Waals surface area contributed by atoms with E-state index >= 15 is 0 Å². The summed E-state index contributed by atoms with van der Waals surface area (Å²) in [5.41, 5.74) is 0. The van der Waals surface area contributed by atoms with Gasteiger partial charge in [0.25, 0.3) is 0 Å². The Labute approximate surface area is 142 Å². The quantitative estimate of drug-likeness (QED) is 0.536. The second kappa shape index (κ2) is 9.79. The van der Waals surface area contributed by atoms with Crippen LogP contribution >= 0.6 is 0 Å². The molecule has 2 atom stereocenters. The highest BCUT2D eigenvalue weighted by atomic mass is 16.6. The molecule has 0 aromatic rings. The molecule has 2 amide bonds. The van der Waals surface area contributed by atoms with Gasteiger partial charge >= 0.3 is 18.2 Å². The third kappa shape index (κ3) is 5.14. The zero-order valence-electron chi connectivity index (χ0n) is 14.3. The molecule has 0 spiro atoms. The van der Waals surface area contributed by atoms with Gasteiger partial charge < -0.3 is 19.5 Å². The number of nitrogens with zero attached hydrogens (tertiary/aromatic N) is 2. The van der Waals surface area contributed by atoms with E-state index in [1.165, 1.54) is 11.0 Å². The van der Waals surface area contributed by atoms with Crippen molar-refractivity contribution in [2.24, 2.45) is 0 Å². The Bertz CT molecular complexity index is 467. The van der Waals surface area contributed by atoms with Crippen LogP contribution in [0.15, 0.2) is 12.7 Å². The summed E-state index contributed by atoms with van der Waals surface area (Å²) in [7, 11) is 0. The Hall–Kier alpha value is -2.25. The van der Waals surface area contributed by atoms with Gasteiger partial charge in [0.1, 0.15) is 12.6 Å². The number of unbranched alkanes of at least 4 members (excludes halogenated alkanes) is 1. The van der Waals surface area contributed by atoms with Gasteiger partial charge in [0.2, 0.25) is 0 Å². The van der Waals surface area contributed by atoms with Crippen molar-refractivity contribution in [3.63, 3.8) is 0 Å². The van der Waals surface area contributed by atoms with Gasteiger partial charge in [-0.3, -0.25) is 4.90 Å². The molecule has 0 bridgehead atoms. The summed E-state index contributed by atoms with van der Waals surface area (Å²) in [5, 5.41) is 9.34. The summed E-state index contributed by atoms with van der Waals surface area (Å²) in [5.74, 6) is -1.12. The van der Waals surface area contributed by atoms with Gasteiger partial charge in [-0.25, -0.2) is 14.4 Å². The molecule has 136 valence electrons. The van der Waals surface area contributed by atoms with Gasteiger partial charge in [-0.2, -0.15) is 0 Å². The summed E-state index contributed by atoms with van der Waals surface area (Å²) in [6.45, 7) is 8.03. The summed E-state index contributed by atoms with van der Waals surface area (Å²) in [4.78, 5) is 38.2. The molecule has 0 saturated carbocycles. The third-order valence-corrected chi connectivity index (χ3v) is 3.86. The topological polar surface area (TPSA) is 96.4 Å². The first-order valence-corrected chi connectivity index (χ1v) is 8.16. The van der Waals surface area contributed by atoms with Gasteiger partial charge in [-0.15, -0.1) is 0 Å². The smallest absolute Gasteiger partial charge is 0.410 e. The van der Waals surface area contributed by atoms with E-state index in [0.29, 0.717) is 13.2 Å². The number of ether oxygens (including phenoxy) is 2. The average molecular weight is 342 g/mol. The molecule has 1 aliphatic rings. The minimum Gasteiger partial charge on any atom is -0.480 e. The van der Waals surface area contributed by atoms with Crippen molar-refractivity contribution >= 4 is 18.2 Å². The average Bonchev–Trinajstić information content (AvgIpc) is 2.99. The van der Waals surface area contributed by atoms with E-state index in [0.717, 1.165) is 17.7 Å². The standard InChI is InChI=1S/C16H26N2O6/c1-4-7-9-24-15(21)17(6-3)12-10-13(14(19)20)18(11-12)16(22)23-8-5-2/h5,12-13H,2,4,6-11H2,1,3H3,(H,19,20). The zero-order chi connectivity index (χ0) is 18.1. The summed E-state index contributed by atoms with van der Waals surface area (Å²) < 4.78 is 10.1. The first-order valence-electron chi connectivity index (χ1n) is 8.16. The molecular formula is C16H26N2O6. The van der Waals surface area contributed by atoms with Crippen LogP contribution < -0.4 is 0 Å². The first kappa shape index (κ1) is 19.8. The molecule has 24 heavy (non-hydrogen) atoms. The van der Waals surface area contributed by atoms with Crippen LogP contribution in [0.2, 0.25) is 0 Å². The molecule has 1 heterocycles. The van der Waals surface area contributed by atoms with Crippen LogP contribution in [-0.2, 0) is 14.3 Å². The minimum absolute atomic E-state index is 0.00287. The Balaban J connectivity index is 2.77. The van der Waals surface area contributed by atoms with E-state index in [-0.39, 0.29) is 19.6 Å². The number of hydrogen-bond acceptors (Lipinski definition) is 5. The lowest BCUT2D eigenvalue weighted by Crippen LogP contribution is -2.43. The molecule has 1 saturated heterocycles. The predicted molar refractivity (Wildman–Crippen MR) is 86.7 cm³/mol. The van der Waals surface area contributed by atoms with Crippen LogP contribution in [0.5, 0.6) is 0 Å². The number of aliphatic carboxylic acids is 1. The highest BCUT2D eigenvalue weighted by molar-refractivity contribution is 5.81. The van der Waals surface area contributed by atoms with Gasteiger partial charge in [0.15, 0.2) is 0 Å². The molecule has 0 aromatic carbocycles. The molecular weight excluding hydrogens is 316 g/mol. The highest BCUT2D eigenvalue weighted by Gasteiger charge is 2.43. The Kier molecular flexibility index (Phi) is 8.08. The van der Waals surface area contributed by atoms with E-state index in [2.05, 4.69) is 6.58 Å².